The first-order chi connectivity index (χ1) is 12.6. The number of pyridine rings is 1. The fourth-order valence-corrected chi connectivity index (χ4v) is 2.81. The van der Waals surface area contributed by atoms with Crippen molar-refractivity contribution in [2.24, 2.45) is 5.73 Å². The molecule has 0 unspecified atom stereocenters. The normalized spacial score (nSPS) is 10.8. The summed E-state index contributed by atoms with van der Waals surface area (Å²) in [4.78, 5) is 25.0. The van der Waals surface area contributed by atoms with Crippen molar-refractivity contribution in [2.45, 2.75) is 0 Å². The van der Waals surface area contributed by atoms with Crippen LogP contribution in [0.4, 0.5) is 0 Å². The van der Waals surface area contributed by atoms with E-state index in [9.17, 15) is 4.79 Å². The number of nitrogen functional groups attached to an aromatic ring is 1. The Balaban J connectivity index is 1.83. The summed E-state index contributed by atoms with van der Waals surface area (Å²) in [6.45, 7) is 0. The summed E-state index contributed by atoms with van der Waals surface area (Å²) >= 11 is 0. The smallest absolute Gasteiger partial charge is 0.195 e. The molecule has 26 heavy (non-hydrogen) atoms. The van der Waals surface area contributed by atoms with E-state index in [4.69, 9.17) is 11.1 Å². The Morgan fingerprint density at radius 1 is 1.00 bits per heavy atom. The largest absolute Gasteiger partial charge is 0.384 e. The number of nitrogens with one attached hydrogen (secondary N) is 2. The highest BCUT2D eigenvalue weighted by Crippen LogP contribution is 2.24. The van der Waals surface area contributed by atoms with Gasteiger partial charge in [-0.1, -0.05) is 30.3 Å². The van der Waals surface area contributed by atoms with Crippen LogP contribution in [-0.4, -0.2) is 26.6 Å². The topological polar surface area (TPSA) is 109 Å². The second-order valence-corrected chi connectivity index (χ2v) is 5.83. The van der Waals surface area contributed by atoms with Gasteiger partial charge in [0.05, 0.1) is 16.6 Å². The van der Waals surface area contributed by atoms with Crippen LogP contribution in [0.5, 0.6) is 0 Å². The van der Waals surface area contributed by atoms with Crippen LogP contribution in [0.1, 0.15) is 21.5 Å². The molecule has 2 heterocycles. The van der Waals surface area contributed by atoms with Gasteiger partial charge in [0, 0.05) is 17.3 Å². The molecule has 0 radical (unpaired) electrons. The van der Waals surface area contributed by atoms with Gasteiger partial charge in [-0.15, -0.1) is 0 Å². The molecule has 2 aromatic carbocycles. The van der Waals surface area contributed by atoms with E-state index in [0.717, 1.165) is 5.52 Å². The fourth-order valence-electron chi connectivity index (χ4n) is 2.81. The number of H-pyrrole nitrogens is 1. The zero-order valence-electron chi connectivity index (χ0n) is 13.7. The van der Waals surface area contributed by atoms with Crippen LogP contribution in [0.3, 0.4) is 0 Å². The number of aromatic nitrogens is 3. The summed E-state index contributed by atoms with van der Waals surface area (Å²) in [5.74, 6) is 0.375. The van der Waals surface area contributed by atoms with E-state index in [1.807, 2.05) is 18.2 Å². The number of hydrogen-bond donors (Lipinski definition) is 3. The molecule has 6 heteroatoms. The maximum absolute atomic E-state index is 12.9. The third-order valence-corrected chi connectivity index (χ3v) is 4.11. The number of carbonyl (C=O) groups excluding carboxylic acids is 1. The van der Waals surface area contributed by atoms with Gasteiger partial charge in [0.15, 0.2) is 11.6 Å². The minimum atomic E-state index is -0.112. The van der Waals surface area contributed by atoms with Crippen molar-refractivity contribution >= 4 is 22.7 Å². The van der Waals surface area contributed by atoms with Crippen LogP contribution in [0.2, 0.25) is 0 Å². The molecule has 0 aliphatic heterocycles. The number of fused-ring (bicyclic) bond motifs is 1. The van der Waals surface area contributed by atoms with Crippen LogP contribution in [0.25, 0.3) is 22.6 Å². The molecular formula is C20H15N5O. The highest BCUT2D eigenvalue weighted by molar-refractivity contribution is 6.12. The predicted octanol–water partition coefficient (Wildman–Crippen LogP) is 3.14. The van der Waals surface area contributed by atoms with Gasteiger partial charge in [-0.05, 0) is 30.3 Å². The van der Waals surface area contributed by atoms with Gasteiger partial charge < -0.3 is 10.7 Å². The second-order valence-electron chi connectivity index (χ2n) is 5.83. The molecule has 126 valence electrons. The third-order valence-electron chi connectivity index (χ3n) is 4.11. The Morgan fingerprint density at radius 3 is 2.58 bits per heavy atom. The van der Waals surface area contributed by atoms with Crippen LogP contribution in [-0.2, 0) is 0 Å². The Hall–Kier alpha value is -3.80. The summed E-state index contributed by atoms with van der Waals surface area (Å²) in [5.41, 5.74) is 9.16. The monoisotopic (exact) mass is 341 g/mol. The zero-order valence-corrected chi connectivity index (χ0v) is 13.7. The number of aromatic amines is 1. The first-order valence-corrected chi connectivity index (χ1v) is 8.03. The van der Waals surface area contributed by atoms with Crippen LogP contribution < -0.4 is 5.73 Å². The number of carbonyl (C=O) groups is 1. The quantitative estimate of drug-likeness (QED) is 0.301. The molecule has 0 amide bonds. The maximum Gasteiger partial charge on any atom is 0.195 e. The van der Waals surface area contributed by atoms with Crippen LogP contribution in [0.15, 0.2) is 66.9 Å². The molecule has 4 N–H and O–H groups in total. The highest BCUT2D eigenvalue weighted by Gasteiger charge is 2.18. The molecule has 2 aromatic heterocycles. The Labute approximate surface area is 149 Å². The number of ketones is 1. The van der Waals surface area contributed by atoms with E-state index in [1.54, 1.807) is 48.7 Å². The summed E-state index contributed by atoms with van der Waals surface area (Å²) < 4.78 is 0. The van der Waals surface area contributed by atoms with Gasteiger partial charge >= 0.3 is 0 Å². The lowest BCUT2D eigenvalue weighted by molar-refractivity contribution is 0.103. The van der Waals surface area contributed by atoms with Crippen molar-refractivity contribution in [3.05, 3.63) is 83.6 Å². The van der Waals surface area contributed by atoms with Crippen molar-refractivity contribution in [1.82, 2.24) is 15.0 Å². The van der Waals surface area contributed by atoms with Gasteiger partial charge in [-0.3, -0.25) is 15.2 Å². The Bertz CT molecular complexity index is 1130. The molecule has 4 aromatic rings. The summed E-state index contributed by atoms with van der Waals surface area (Å²) in [6, 6.07) is 17.8. The van der Waals surface area contributed by atoms with E-state index in [0.29, 0.717) is 33.7 Å². The minimum Gasteiger partial charge on any atom is -0.384 e. The second kappa shape index (κ2) is 6.25. The van der Waals surface area contributed by atoms with Gasteiger partial charge in [-0.25, -0.2) is 4.98 Å². The summed E-state index contributed by atoms with van der Waals surface area (Å²) in [7, 11) is 0. The lowest BCUT2D eigenvalue weighted by atomic mass is 10.0. The molecule has 6 nitrogen and oxygen atoms in total. The van der Waals surface area contributed by atoms with Gasteiger partial charge in [0.1, 0.15) is 11.5 Å². The fraction of sp³-hybridized carbons (Fsp3) is 0. The lowest BCUT2D eigenvalue weighted by Gasteiger charge is -2.05. The molecule has 0 atom stereocenters. The lowest BCUT2D eigenvalue weighted by Crippen LogP contribution is -2.10. The van der Waals surface area contributed by atoms with Crippen molar-refractivity contribution in [3.8, 4) is 11.5 Å². The number of nitrogens with zero attached hydrogens (tertiary/aromatic N) is 2. The molecule has 0 fully saturated rings. The van der Waals surface area contributed by atoms with Gasteiger partial charge in [0.25, 0.3) is 0 Å². The molecular weight excluding hydrogens is 326 g/mol. The van der Waals surface area contributed by atoms with E-state index in [2.05, 4.69) is 15.0 Å². The number of imidazole rings is 1. The molecule has 0 bridgehead atoms. The Morgan fingerprint density at radius 2 is 1.81 bits per heavy atom. The summed E-state index contributed by atoms with van der Waals surface area (Å²) in [5, 5.41) is 7.55. The number of rotatable bonds is 4. The van der Waals surface area contributed by atoms with E-state index >= 15 is 0 Å². The molecule has 0 saturated heterocycles. The first kappa shape index (κ1) is 15.7. The number of benzene rings is 2. The van der Waals surface area contributed by atoms with Gasteiger partial charge in [-0.2, -0.15) is 0 Å². The highest BCUT2D eigenvalue weighted by atomic mass is 16.1. The maximum atomic E-state index is 12.9. The number of amidine groups is 1. The number of nitrogens with two attached hydrogens (primary N) is 1. The van der Waals surface area contributed by atoms with Crippen LogP contribution >= 0.6 is 0 Å². The zero-order chi connectivity index (χ0) is 18.1. The van der Waals surface area contributed by atoms with E-state index in [1.165, 1.54) is 0 Å². The first-order valence-electron chi connectivity index (χ1n) is 8.03. The van der Waals surface area contributed by atoms with Crippen molar-refractivity contribution < 1.29 is 4.79 Å². The van der Waals surface area contributed by atoms with E-state index < -0.39 is 0 Å². The molecule has 4 rings (SSSR count). The third kappa shape index (κ3) is 2.73. The minimum absolute atomic E-state index is 0.0131. The molecule has 0 spiro atoms. The van der Waals surface area contributed by atoms with Crippen molar-refractivity contribution in [3.63, 3.8) is 0 Å². The standard InChI is InChI=1S/C20H15N5O/c21-19(22)13-8-9-15-16(11-13)25-20(24-15)17-14(7-4-10-23-17)18(26)12-5-2-1-3-6-12/h1-11H,(H3,21,22)(H,24,25). The van der Waals surface area contributed by atoms with Crippen molar-refractivity contribution in [2.75, 3.05) is 0 Å². The van der Waals surface area contributed by atoms with Crippen molar-refractivity contribution in [1.29, 1.82) is 5.41 Å². The SMILES string of the molecule is N=C(N)c1ccc2nc(-c3ncccc3C(=O)c3ccccc3)[nH]c2c1. The van der Waals surface area contributed by atoms with E-state index in [-0.39, 0.29) is 11.6 Å². The molecule has 0 saturated carbocycles. The number of hydrogen-bond acceptors (Lipinski definition) is 4. The Kier molecular flexibility index (Phi) is 3.78. The van der Waals surface area contributed by atoms with Gasteiger partial charge in [0.2, 0.25) is 0 Å². The summed E-state index contributed by atoms with van der Waals surface area (Å²) in [6.07, 6.45) is 1.63. The molecule has 0 aliphatic rings. The average molecular weight is 341 g/mol. The van der Waals surface area contributed by atoms with Crippen LogP contribution in [0, 0.1) is 5.41 Å². The predicted molar refractivity (Wildman–Crippen MR) is 100 cm³/mol. The average Bonchev–Trinajstić information content (AvgIpc) is 3.11. The molecule has 0 aliphatic carbocycles.